The number of nitrogens with zero attached hydrogens (tertiary/aromatic N) is 2. The molecule has 1 heterocycles. The van der Waals surface area contributed by atoms with Crippen LogP contribution in [0.3, 0.4) is 0 Å². The molecule has 2 rings (SSSR count). The molecule has 2 N–H and O–H groups in total. The van der Waals surface area contributed by atoms with Crippen molar-refractivity contribution < 1.29 is 17.9 Å². The Bertz CT molecular complexity index is 564. The van der Waals surface area contributed by atoms with Crippen molar-refractivity contribution in [3.8, 4) is 0 Å². The van der Waals surface area contributed by atoms with Gasteiger partial charge >= 0.3 is 6.18 Å². The van der Waals surface area contributed by atoms with Crippen LogP contribution in [0.4, 0.5) is 13.2 Å². The molecule has 4 nitrogen and oxygen atoms in total. The zero-order valence-electron chi connectivity index (χ0n) is 13.4. The van der Waals surface area contributed by atoms with Gasteiger partial charge in [-0.25, -0.2) is 0 Å². The minimum absolute atomic E-state index is 0.349. The first kappa shape index (κ1) is 17.6. The summed E-state index contributed by atoms with van der Waals surface area (Å²) in [5.41, 5.74) is 5.37. The molecule has 1 aromatic rings. The fraction of sp³-hybridized carbons (Fsp3) is 0.562. The number of guanidine groups is 1. The van der Waals surface area contributed by atoms with Gasteiger partial charge < -0.3 is 15.4 Å². The lowest BCUT2D eigenvalue weighted by atomic mass is 9.74. The van der Waals surface area contributed by atoms with E-state index in [0.29, 0.717) is 44.1 Å². The van der Waals surface area contributed by atoms with Gasteiger partial charge in [0.2, 0.25) is 0 Å². The lowest BCUT2D eigenvalue weighted by Gasteiger charge is -2.37. The van der Waals surface area contributed by atoms with E-state index in [1.54, 1.807) is 25.1 Å². The molecule has 1 aromatic carbocycles. The second-order valence-electron chi connectivity index (χ2n) is 6.04. The molecule has 0 aromatic heterocycles. The Kier molecular flexibility index (Phi) is 5.19. The molecule has 0 saturated carbocycles. The normalized spacial score (nSPS) is 18.7. The van der Waals surface area contributed by atoms with Crippen LogP contribution in [0.2, 0.25) is 0 Å². The number of halogens is 3. The second-order valence-corrected chi connectivity index (χ2v) is 6.04. The quantitative estimate of drug-likeness (QED) is 0.685. The topological polar surface area (TPSA) is 50.8 Å². The summed E-state index contributed by atoms with van der Waals surface area (Å²) < 4.78 is 44.4. The van der Waals surface area contributed by atoms with Gasteiger partial charge in [-0.15, -0.1) is 0 Å². The summed E-state index contributed by atoms with van der Waals surface area (Å²) in [4.78, 5) is 6.05. The fourth-order valence-electron chi connectivity index (χ4n) is 2.70. The Balaban J connectivity index is 2.37. The van der Waals surface area contributed by atoms with E-state index in [2.05, 4.69) is 4.99 Å². The highest BCUT2D eigenvalue weighted by Crippen LogP contribution is 2.38. The van der Waals surface area contributed by atoms with Gasteiger partial charge in [0.25, 0.3) is 0 Å². The summed E-state index contributed by atoms with van der Waals surface area (Å²) >= 11 is 0. The first-order valence-corrected chi connectivity index (χ1v) is 7.47. The smallest absolute Gasteiger partial charge is 0.381 e. The van der Waals surface area contributed by atoms with Crippen molar-refractivity contribution >= 4 is 5.96 Å². The molecule has 0 aliphatic carbocycles. The van der Waals surface area contributed by atoms with Crippen molar-refractivity contribution in [3.05, 3.63) is 35.4 Å². The number of nitrogens with two attached hydrogens (primary N) is 1. The molecule has 0 atom stereocenters. The van der Waals surface area contributed by atoms with Crippen LogP contribution in [0.5, 0.6) is 0 Å². The summed E-state index contributed by atoms with van der Waals surface area (Å²) in [6.07, 6.45) is -3.11. The largest absolute Gasteiger partial charge is 0.416 e. The predicted octanol–water partition coefficient (Wildman–Crippen LogP) is 2.63. The lowest BCUT2D eigenvalue weighted by Crippen LogP contribution is -2.39. The van der Waals surface area contributed by atoms with Crippen LogP contribution in [0.1, 0.15) is 24.0 Å². The molecule has 0 unspecified atom stereocenters. The van der Waals surface area contributed by atoms with E-state index in [4.69, 9.17) is 10.5 Å². The molecular formula is C16H22F3N3O. The molecule has 1 fully saturated rings. The van der Waals surface area contributed by atoms with Crippen molar-refractivity contribution in [2.45, 2.75) is 24.4 Å². The first-order chi connectivity index (χ1) is 10.7. The third-order valence-electron chi connectivity index (χ3n) is 4.25. The maximum atomic E-state index is 13.0. The number of aliphatic imine (C=N–C) groups is 1. The third-order valence-corrected chi connectivity index (χ3v) is 4.25. The van der Waals surface area contributed by atoms with E-state index in [-0.39, 0.29) is 0 Å². The summed E-state index contributed by atoms with van der Waals surface area (Å²) in [6.45, 7) is 1.36. The molecule has 7 heteroatoms. The minimum atomic E-state index is -4.35. The van der Waals surface area contributed by atoms with Crippen LogP contribution in [0.15, 0.2) is 29.3 Å². The Morgan fingerprint density at radius 3 is 2.52 bits per heavy atom. The van der Waals surface area contributed by atoms with Crippen LogP contribution in [-0.4, -0.2) is 44.7 Å². The first-order valence-electron chi connectivity index (χ1n) is 7.47. The summed E-state index contributed by atoms with van der Waals surface area (Å²) in [6, 6.07) is 5.51. The fourth-order valence-corrected chi connectivity index (χ4v) is 2.70. The molecule has 23 heavy (non-hydrogen) atoms. The molecule has 1 aliphatic rings. The predicted molar refractivity (Wildman–Crippen MR) is 83.4 cm³/mol. The van der Waals surface area contributed by atoms with Crippen LogP contribution in [0.25, 0.3) is 0 Å². The van der Waals surface area contributed by atoms with E-state index in [1.807, 2.05) is 0 Å². The maximum Gasteiger partial charge on any atom is 0.416 e. The number of hydrogen-bond donors (Lipinski definition) is 1. The Morgan fingerprint density at radius 1 is 1.30 bits per heavy atom. The van der Waals surface area contributed by atoms with Crippen LogP contribution < -0.4 is 5.73 Å². The van der Waals surface area contributed by atoms with Gasteiger partial charge in [0.05, 0.1) is 12.1 Å². The lowest BCUT2D eigenvalue weighted by molar-refractivity contribution is -0.137. The molecule has 0 bridgehead atoms. The van der Waals surface area contributed by atoms with E-state index >= 15 is 0 Å². The van der Waals surface area contributed by atoms with E-state index in [9.17, 15) is 13.2 Å². The monoisotopic (exact) mass is 329 g/mol. The zero-order valence-corrected chi connectivity index (χ0v) is 13.4. The van der Waals surface area contributed by atoms with Gasteiger partial charge in [0.15, 0.2) is 5.96 Å². The highest BCUT2D eigenvalue weighted by Gasteiger charge is 2.37. The van der Waals surface area contributed by atoms with Gasteiger partial charge in [-0.3, -0.25) is 4.99 Å². The van der Waals surface area contributed by atoms with Gasteiger partial charge in [-0.2, -0.15) is 13.2 Å². The Hall–Kier alpha value is -1.76. The summed E-state index contributed by atoms with van der Waals surface area (Å²) in [5, 5.41) is 0. The number of hydrogen-bond acceptors (Lipinski definition) is 2. The Morgan fingerprint density at radius 2 is 1.96 bits per heavy atom. The van der Waals surface area contributed by atoms with Crippen molar-refractivity contribution in [3.63, 3.8) is 0 Å². The highest BCUT2D eigenvalue weighted by atomic mass is 19.4. The second kappa shape index (κ2) is 6.78. The average Bonchev–Trinajstić information content (AvgIpc) is 2.52. The van der Waals surface area contributed by atoms with Gasteiger partial charge in [-0.05, 0) is 24.5 Å². The van der Waals surface area contributed by atoms with Gasteiger partial charge in [-0.1, -0.05) is 18.2 Å². The SMILES string of the molecule is CN(C)C(N)=NCC1(c2cccc(C(F)(F)F)c2)CCOCC1. The minimum Gasteiger partial charge on any atom is -0.381 e. The van der Waals surface area contributed by atoms with E-state index in [0.717, 1.165) is 6.07 Å². The standard InChI is InChI=1S/C16H22F3N3O/c1-22(2)14(20)21-11-15(6-8-23-9-7-15)12-4-3-5-13(10-12)16(17,18)19/h3-5,10H,6-9,11H2,1-2H3,(H2,20,21). The van der Waals surface area contributed by atoms with E-state index < -0.39 is 17.2 Å². The third kappa shape index (κ3) is 4.16. The zero-order chi connectivity index (χ0) is 17.1. The molecule has 0 amide bonds. The Labute approximate surface area is 134 Å². The average molecular weight is 329 g/mol. The van der Waals surface area contributed by atoms with Crippen LogP contribution >= 0.6 is 0 Å². The number of alkyl halides is 3. The highest BCUT2D eigenvalue weighted by molar-refractivity contribution is 5.77. The van der Waals surface area contributed by atoms with Gasteiger partial charge in [0, 0.05) is 32.7 Å². The number of ether oxygens (including phenoxy) is 1. The molecule has 128 valence electrons. The molecular weight excluding hydrogens is 307 g/mol. The molecule has 0 spiro atoms. The van der Waals surface area contributed by atoms with Crippen molar-refractivity contribution in [1.29, 1.82) is 0 Å². The number of rotatable bonds is 3. The van der Waals surface area contributed by atoms with Crippen LogP contribution in [-0.2, 0) is 16.3 Å². The number of benzene rings is 1. The van der Waals surface area contributed by atoms with Gasteiger partial charge in [0.1, 0.15) is 0 Å². The molecule has 1 saturated heterocycles. The summed E-state index contributed by atoms with van der Waals surface area (Å²) in [5.74, 6) is 0.364. The van der Waals surface area contributed by atoms with Crippen molar-refractivity contribution in [2.75, 3.05) is 33.9 Å². The molecule has 0 radical (unpaired) electrons. The van der Waals surface area contributed by atoms with Crippen LogP contribution in [0, 0.1) is 0 Å². The van der Waals surface area contributed by atoms with Crippen molar-refractivity contribution in [2.24, 2.45) is 10.7 Å². The van der Waals surface area contributed by atoms with E-state index in [1.165, 1.54) is 12.1 Å². The summed E-state index contributed by atoms with van der Waals surface area (Å²) in [7, 11) is 3.56. The van der Waals surface area contributed by atoms with Crippen molar-refractivity contribution in [1.82, 2.24) is 4.90 Å². The maximum absolute atomic E-state index is 13.0. The molecule has 1 aliphatic heterocycles.